The van der Waals surface area contributed by atoms with Crippen LogP contribution in [0.25, 0.3) is 0 Å². The number of carbonyl (C=O) groups excluding carboxylic acids is 3. The smallest absolute Gasteiger partial charge is 0.269 e. The van der Waals surface area contributed by atoms with E-state index in [-0.39, 0.29) is 24.9 Å². The number of ether oxygens (including phenoxy) is 1. The van der Waals surface area contributed by atoms with Crippen LogP contribution in [-0.4, -0.2) is 23.8 Å². The van der Waals surface area contributed by atoms with Crippen molar-refractivity contribution in [2.24, 2.45) is 0 Å². The molecule has 2 aromatic carbocycles. The van der Waals surface area contributed by atoms with E-state index >= 15 is 0 Å². The van der Waals surface area contributed by atoms with E-state index in [9.17, 15) is 14.4 Å². The molecule has 0 aliphatic rings. The topological polar surface area (TPSA) is 96.5 Å². The molecule has 0 aromatic heterocycles. The van der Waals surface area contributed by atoms with Crippen molar-refractivity contribution in [1.29, 1.82) is 0 Å². The van der Waals surface area contributed by atoms with Crippen LogP contribution < -0.4 is 20.9 Å². The van der Waals surface area contributed by atoms with Gasteiger partial charge in [0.25, 0.3) is 5.91 Å². The van der Waals surface area contributed by atoms with Gasteiger partial charge in [-0.05, 0) is 69.2 Å². The maximum absolute atomic E-state index is 12.2. The van der Waals surface area contributed by atoms with E-state index in [4.69, 9.17) is 4.74 Å². The van der Waals surface area contributed by atoms with Crippen molar-refractivity contribution < 1.29 is 19.1 Å². The number of benzene rings is 2. The van der Waals surface area contributed by atoms with E-state index in [2.05, 4.69) is 16.2 Å². The van der Waals surface area contributed by atoms with E-state index in [1.165, 1.54) is 0 Å². The van der Waals surface area contributed by atoms with Gasteiger partial charge in [0.15, 0.2) is 0 Å². The van der Waals surface area contributed by atoms with Gasteiger partial charge in [-0.3, -0.25) is 25.2 Å². The average molecular weight is 397 g/mol. The predicted molar refractivity (Wildman–Crippen MR) is 112 cm³/mol. The van der Waals surface area contributed by atoms with Gasteiger partial charge in [-0.2, -0.15) is 0 Å². The highest BCUT2D eigenvalue weighted by Crippen LogP contribution is 2.15. The minimum Gasteiger partial charge on any atom is -0.491 e. The van der Waals surface area contributed by atoms with Crippen LogP contribution in [0.2, 0.25) is 0 Å². The Balaban J connectivity index is 1.77. The van der Waals surface area contributed by atoms with Gasteiger partial charge in [-0.15, -0.1) is 0 Å². The summed E-state index contributed by atoms with van der Waals surface area (Å²) in [6, 6.07) is 12.3. The Morgan fingerprint density at radius 3 is 2.31 bits per heavy atom. The molecule has 3 N–H and O–H groups in total. The highest BCUT2D eigenvalue weighted by Gasteiger charge is 2.11. The third kappa shape index (κ3) is 7.29. The number of anilines is 1. The molecule has 7 heteroatoms. The number of rotatable bonds is 7. The van der Waals surface area contributed by atoms with Crippen molar-refractivity contribution >= 4 is 23.4 Å². The number of aryl methyl sites for hydroxylation is 2. The second-order valence-corrected chi connectivity index (χ2v) is 7.04. The first-order chi connectivity index (χ1) is 13.7. The number of hydrogen-bond donors (Lipinski definition) is 3. The normalized spacial score (nSPS) is 10.4. The molecule has 0 heterocycles. The third-order valence-electron chi connectivity index (χ3n) is 4.15. The molecule has 3 amide bonds. The fourth-order valence-corrected chi connectivity index (χ4v) is 2.51. The Hall–Kier alpha value is -3.35. The van der Waals surface area contributed by atoms with Crippen LogP contribution in [0.5, 0.6) is 5.75 Å². The fraction of sp³-hybridized carbons (Fsp3) is 0.318. The molecule has 2 rings (SSSR count). The summed E-state index contributed by atoms with van der Waals surface area (Å²) in [4.78, 5) is 36.1. The van der Waals surface area contributed by atoms with Crippen LogP contribution >= 0.6 is 0 Å². The molecule has 154 valence electrons. The van der Waals surface area contributed by atoms with E-state index < -0.39 is 11.8 Å². The number of nitrogens with one attached hydrogen (secondary N) is 3. The van der Waals surface area contributed by atoms with Gasteiger partial charge >= 0.3 is 0 Å². The molecular weight excluding hydrogens is 370 g/mol. The first kappa shape index (κ1) is 21.9. The van der Waals surface area contributed by atoms with Gasteiger partial charge in [0.2, 0.25) is 11.8 Å². The maximum atomic E-state index is 12.2. The van der Waals surface area contributed by atoms with Crippen LogP contribution in [0.3, 0.4) is 0 Å². The monoisotopic (exact) mass is 397 g/mol. The van der Waals surface area contributed by atoms with Gasteiger partial charge in [0.05, 0.1) is 6.10 Å². The second kappa shape index (κ2) is 10.3. The van der Waals surface area contributed by atoms with Crippen molar-refractivity contribution in [3.05, 3.63) is 59.2 Å². The third-order valence-corrected chi connectivity index (χ3v) is 4.15. The molecule has 0 unspecified atom stereocenters. The standard InChI is InChI=1S/C22H27N3O4/c1-14(2)29-19-7-5-6-17(13-19)22(28)25-24-21(27)11-10-20(26)23-18-9-8-15(3)16(4)12-18/h5-9,12-14H,10-11H2,1-4H3,(H,23,26)(H,24,27)(H,25,28). The van der Waals surface area contributed by atoms with Gasteiger partial charge in [-0.1, -0.05) is 12.1 Å². The van der Waals surface area contributed by atoms with Crippen molar-refractivity contribution in [2.75, 3.05) is 5.32 Å². The molecule has 0 fully saturated rings. The van der Waals surface area contributed by atoms with E-state index in [0.717, 1.165) is 11.1 Å². The summed E-state index contributed by atoms with van der Waals surface area (Å²) in [5.41, 5.74) is 7.92. The summed E-state index contributed by atoms with van der Waals surface area (Å²) in [5, 5.41) is 2.76. The molecule has 2 aromatic rings. The Morgan fingerprint density at radius 1 is 0.897 bits per heavy atom. The molecule has 0 bridgehead atoms. The van der Waals surface area contributed by atoms with Crippen LogP contribution in [0, 0.1) is 13.8 Å². The first-order valence-electron chi connectivity index (χ1n) is 9.47. The molecule has 0 saturated carbocycles. The fourth-order valence-electron chi connectivity index (χ4n) is 2.51. The van der Waals surface area contributed by atoms with Gasteiger partial charge in [0.1, 0.15) is 5.75 Å². The zero-order chi connectivity index (χ0) is 21.4. The SMILES string of the molecule is Cc1ccc(NC(=O)CCC(=O)NNC(=O)c2cccc(OC(C)C)c2)cc1C. The van der Waals surface area contributed by atoms with Crippen LogP contribution in [0.15, 0.2) is 42.5 Å². The summed E-state index contributed by atoms with van der Waals surface area (Å²) in [5.74, 6) is -0.620. The Bertz CT molecular complexity index is 893. The largest absolute Gasteiger partial charge is 0.491 e. The summed E-state index contributed by atoms with van der Waals surface area (Å²) in [7, 11) is 0. The first-order valence-corrected chi connectivity index (χ1v) is 9.47. The predicted octanol–water partition coefficient (Wildman–Crippen LogP) is 3.27. The van der Waals surface area contributed by atoms with E-state index in [1.54, 1.807) is 24.3 Å². The van der Waals surface area contributed by atoms with E-state index in [1.807, 2.05) is 45.9 Å². The minimum atomic E-state index is -0.466. The molecule has 7 nitrogen and oxygen atoms in total. The van der Waals surface area contributed by atoms with Crippen LogP contribution in [0.1, 0.15) is 48.2 Å². The average Bonchev–Trinajstić information content (AvgIpc) is 2.67. The highest BCUT2D eigenvalue weighted by molar-refractivity contribution is 5.96. The minimum absolute atomic E-state index is 0.00629. The van der Waals surface area contributed by atoms with E-state index in [0.29, 0.717) is 17.0 Å². The zero-order valence-corrected chi connectivity index (χ0v) is 17.2. The lowest BCUT2D eigenvalue weighted by Crippen LogP contribution is -2.41. The van der Waals surface area contributed by atoms with Gasteiger partial charge in [-0.25, -0.2) is 0 Å². The molecule has 0 atom stereocenters. The lowest BCUT2D eigenvalue weighted by atomic mass is 10.1. The second-order valence-electron chi connectivity index (χ2n) is 7.04. The Labute approximate surface area is 170 Å². The lowest BCUT2D eigenvalue weighted by Gasteiger charge is -2.11. The summed E-state index contributed by atoms with van der Waals surface area (Å²) < 4.78 is 5.55. The number of hydrazine groups is 1. The molecule has 29 heavy (non-hydrogen) atoms. The number of amides is 3. The van der Waals surface area contributed by atoms with Gasteiger partial charge < -0.3 is 10.1 Å². The summed E-state index contributed by atoms with van der Waals surface area (Å²) in [6.07, 6.45) is -0.0530. The van der Waals surface area contributed by atoms with Crippen LogP contribution in [0.4, 0.5) is 5.69 Å². The molecule has 0 aliphatic heterocycles. The summed E-state index contributed by atoms with van der Waals surface area (Å²) >= 11 is 0. The van der Waals surface area contributed by atoms with Crippen molar-refractivity contribution in [1.82, 2.24) is 10.9 Å². The molecule has 0 spiro atoms. The quantitative estimate of drug-likeness (QED) is 0.625. The van der Waals surface area contributed by atoms with Crippen molar-refractivity contribution in [2.45, 2.75) is 46.6 Å². The maximum Gasteiger partial charge on any atom is 0.269 e. The van der Waals surface area contributed by atoms with Crippen LogP contribution in [-0.2, 0) is 9.59 Å². The number of hydrogen-bond acceptors (Lipinski definition) is 4. The summed E-state index contributed by atoms with van der Waals surface area (Å²) in [6.45, 7) is 7.74. The molecule has 0 aliphatic carbocycles. The molecule has 0 saturated heterocycles. The Morgan fingerprint density at radius 2 is 1.62 bits per heavy atom. The molecular formula is C22H27N3O4. The number of carbonyl (C=O) groups is 3. The van der Waals surface area contributed by atoms with Crippen molar-refractivity contribution in [3.8, 4) is 5.75 Å². The molecule has 0 radical (unpaired) electrons. The van der Waals surface area contributed by atoms with Gasteiger partial charge in [0, 0.05) is 24.1 Å². The zero-order valence-electron chi connectivity index (χ0n) is 17.2. The lowest BCUT2D eigenvalue weighted by molar-refractivity contribution is -0.124. The Kier molecular flexibility index (Phi) is 7.77. The van der Waals surface area contributed by atoms with Crippen molar-refractivity contribution in [3.63, 3.8) is 0 Å². The highest BCUT2D eigenvalue weighted by atomic mass is 16.5.